The van der Waals surface area contributed by atoms with Crippen molar-refractivity contribution in [2.45, 2.75) is 13.0 Å². The minimum Gasteiger partial charge on any atom is -0.353 e. The normalized spacial score (nSPS) is 14.2. The Balaban J connectivity index is 1.13. The number of nitrogens with zero attached hydrogens (tertiary/aromatic N) is 5. The van der Waals surface area contributed by atoms with Crippen molar-refractivity contribution in [2.24, 2.45) is 0 Å². The van der Waals surface area contributed by atoms with Crippen LogP contribution in [0, 0.1) is 0 Å². The van der Waals surface area contributed by atoms with E-state index in [0.29, 0.717) is 15.6 Å². The third-order valence-electron chi connectivity index (χ3n) is 6.85. The SMILES string of the molecule is O=C(Cc1ccc(-c2ccc3ncc(N4CCN(Cc5cccnc5)CC4)nc3c2)cc1)c1ccc(Cl)s1. The summed E-state index contributed by atoms with van der Waals surface area (Å²) in [5.41, 5.74) is 6.14. The molecule has 1 fully saturated rings. The van der Waals surface area contributed by atoms with Crippen LogP contribution in [0.1, 0.15) is 20.8 Å². The number of anilines is 1. The van der Waals surface area contributed by atoms with Crippen LogP contribution in [-0.2, 0) is 13.0 Å². The molecular formula is C30H26ClN5OS. The number of carbonyl (C=O) groups excluding carboxylic acids is 1. The number of pyridine rings is 1. The van der Waals surface area contributed by atoms with E-state index in [1.165, 1.54) is 16.9 Å². The summed E-state index contributed by atoms with van der Waals surface area (Å²) >= 11 is 7.30. The van der Waals surface area contributed by atoms with Crippen LogP contribution >= 0.6 is 22.9 Å². The molecule has 4 heterocycles. The lowest BCUT2D eigenvalue weighted by atomic mass is 10.0. The predicted molar refractivity (Wildman–Crippen MR) is 154 cm³/mol. The highest BCUT2D eigenvalue weighted by atomic mass is 35.5. The van der Waals surface area contributed by atoms with Crippen LogP contribution in [0.15, 0.2) is 85.3 Å². The molecule has 190 valence electrons. The van der Waals surface area contributed by atoms with E-state index in [1.54, 1.807) is 12.1 Å². The number of aromatic nitrogens is 3. The number of hydrogen-bond donors (Lipinski definition) is 0. The van der Waals surface area contributed by atoms with Crippen molar-refractivity contribution in [3.05, 3.63) is 106 Å². The highest BCUT2D eigenvalue weighted by molar-refractivity contribution is 7.18. The largest absolute Gasteiger partial charge is 0.353 e. The zero-order chi connectivity index (χ0) is 25.9. The van der Waals surface area contributed by atoms with Crippen molar-refractivity contribution in [1.82, 2.24) is 19.9 Å². The highest BCUT2D eigenvalue weighted by Gasteiger charge is 2.19. The van der Waals surface area contributed by atoms with Crippen molar-refractivity contribution in [1.29, 1.82) is 0 Å². The van der Waals surface area contributed by atoms with Gasteiger partial charge in [-0.05, 0) is 52.6 Å². The summed E-state index contributed by atoms with van der Waals surface area (Å²) in [6, 6.07) is 22.0. The van der Waals surface area contributed by atoms with Gasteiger partial charge in [-0.3, -0.25) is 19.7 Å². The number of halogens is 1. The average Bonchev–Trinajstić information content (AvgIpc) is 3.40. The maximum absolute atomic E-state index is 12.5. The second-order valence-corrected chi connectivity index (χ2v) is 11.2. The molecule has 0 radical (unpaired) electrons. The standard InChI is InChI=1S/C30H26ClN5OS/c31-29-10-9-28(38-29)27(37)16-21-3-5-23(6-4-21)24-7-8-25-26(17-24)34-30(19-33-25)36-14-12-35(13-15-36)20-22-2-1-11-32-18-22/h1-11,17-19H,12-16,20H2. The molecule has 0 spiro atoms. The van der Waals surface area contributed by atoms with E-state index < -0.39 is 0 Å². The summed E-state index contributed by atoms with van der Waals surface area (Å²) in [6.45, 7) is 4.70. The van der Waals surface area contributed by atoms with E-state index in [0.717, 1.165) is 66.3 Å². The molecule has 1 aliphatic heterocycles. The van der Waals surface area contributed by atoms with Gasteiger partial charge in [-0.15, -0.1) is 11.3 Å². The fourth-order valence-electron chi connectivity index (χ4n) is 4.77. The molecule has 0 aliphatic carbocycles. The van der Waals surface area contributed by atoms with Crippen molar-refractivity contribution in [3.63, 3.8) is 0 Å². The van der Waals surface area contributed by atoms with Crippen LogP contribution < -0.4 is 4.90 Å². The van der Waals surface area contributed by atoms with Crippen LogP contribution in [0.3, 0.4) is 0 Å². The van der Waals surface area contributed by atoms with Crippen LogP contribution in [-0.4, -0.2) is 51.8 Å². The molecule has 1 aliphatic rings. The Labute approximate surface area is 230 Å². The van der Waals surface area contributed by atoms with Crippen molar-refractivity contribution in [3.8, 4) is 11.1 Å². The molecule has 8 heteroatoms. The smallest absolute Gasteiger partial charge is 0.177 e. The monoisotopic (exact) mass is 539 g/mol. The third kappa shape index (κ3) is 5.60. The molecule has 6 rings (SSSR count). The molecule has 0 N–H and O–H groups in total. The number of carbonyl (C=O) groups is 1. The van der Waals surface area contributed by atoms with Crippen LogP contribution in [0.5, 0.6) is 0 Å². The molecule has 1 saturated heterocycles. The Bertz CT molecular complexity index is 1560. The number of benzene rings is 2. The lowest BCUT2D eigenvalue weighted by Crippen LogP contribution is -2.46. The molecule has 0 bridgehead atoms. The highest BCUT2D eigenvalue weighted by Crippen LogP contribution is 2.26. The molecular weight excluding hydrogens is 514 g/mol. The number of hydrogen-bond acceptors (Lipinski definition) is 7. The van der Waals surface area contributed by atoms with E-state index >= 15 is 0 Å². The summed E-state index contributed by atoms with van der Waals surface area (Å²) in [5, 5.41) is 0. The lowest BCUT2D eigenvalue weighted by molar-refractivity contribution is 0.0997. The van der Waals surface area contributed by atoms with E-state index in [1.807, 2.05) is 42.9 Å². The number of ketones is 1. The quantitative estimate of drug-likeness (QED) is 0.231. The number of Topliss-reactive ketones (excluding diaryl/α,β-unsaturated/α-hetero) is 1. The van der Waals surface area contributed by atoms with Gasteiger partial charge in [0.25, 0.3) is 0 Å². The Kier molecular flexibility index (Phi) is 7.14. The van der Waals surface area contributed by atoms with Crippen molar-refractivity contribution >= 4 is 45.6 Å². The first kappa shape index (κ1) is 24.7. The zero-order valence-electron chi connectivity index (χ0n) is 20.8. The Hall–Kier alpha value is -3.65. The number of thiophene rings is 1. The summed E-state index contributed by atoms with van der Waals surface area (Å²) in [4.78, 5) is 31.8. The minimum atomic E-state index is 0.0843. The molecule has 0 saturated carbocycles. The molecule has 3 aromatic heterocycles. The van der Waals surface area contributed by atoms with Crippen molar-refractivity contribution in [2.75, 3.05) is 31.1 Å². The summed E-state index contributed by atoms with van der Waals surface area (Å²) in [5.74, 6) is 0.999. The number of piperazine rings is 1. The third-order valence-corrected chi connectivity index (χ3v) is 8.13. The van der Waals surface area contributed by atoms with E-state index in [2.05, 4.69) is 50.1 Å². The van der Waals surface area contributed by atoms with E-state index in [-0.39, 0.29) is 5.78 Å². The van der Waals surface area contributed by atoms with Gasteiger partial charge in [0.15, 0.2) is 5.78 Å². The minimum absolute atomic E-state index is 0.0843. The molecule has 2 aromatic carbocycles. The second-order valence-electron chi connectivity index (χ2n) is 9.46. The first-order valence-corrected chi connectivity index (χ1v) is 13.8. The fourth-order valence-corrected chi connectivity index (χ4v) is 5.75. The maximum Gasteiger partial charge on any atom is 0.177 e. The summed E-state index contributed by atoms with van der Waals surface area (Å²) in [7, 11) is 0. The molecule has 0 atom stereocenters. The van der Waals surface area contributed by atoms with E-state index in [9.17, 15) is 4.79 Å². The molecule has 0 amide bonds. The van der Waals surface area contributed by atoms with Gasteiger partial charge in [0.05, 0.1) is 26.4 Å². The Morgan fingerprint density at radius 3 is 2.42 bits per heavy atom. The average molecular weight is 540 g/mol. The van der Waals surface area contributed by atoms with Gasteiger partial charge in [-0.2, -0.15) is 0 Å². The number of fused-ring (bicyclic) bond motifs is 1. The van der Waals surface area contributed by atoms with Crippen LogP contribution in [0.2, 0.25) is 4.34 Å². The fraction of sp³-hybridized carbons (Fsp3) is 0.200. The lowest BCUT2D eigenvalue weighted by Gasteiger charge is -2.35. The summed E-state index contributed by atoms with van der Waals surface area (Å²) in [6.07, 6.45) is 5.99. The van der Waals surface area contributed by atoms with Gasteiger partial charge in [0.2, 0.25) is 0 Å². The first-order chi connectivity index (χ1) is 18.6. The zero-order valence-corrected chi connectivity index (χ0v) is 22.3. The topological polar surface area (TPSA) is 62.2 Å². The Morgan fingerprint density at radius 1 is 0.868 bits per heavy atom. The van der Waals surface area contributed by atoms with Crippen molar-refractivity contribution < 1.29 is 4.79 Å². The number of rotatable bonds is 7. The molecule has 38 heavy (non-hydrogen) atoms. The van der Waals surface area contributed by atoms with Gasteiger partial charge in [0.1, 0.15) is 5.82 Å². The Morgan fingerprint density at radius 2 is 1.68 bits per heavy atom. The van der Waals surface area contributed by atoms with Gasteiger partial charge in [-0.25, -0.2) is 4.98 Å². The van der Waals surface area contributed by atoms with E-state index in [4.69, 9.17) is 16.6 Å². The molecule has 0 unspecified atom stereocenters. The molecule has 6 nitrogen and oxygen atoms in total. The van der Waals surface area contributed by atoms with Gasteiger partial charge in [0, 0.05) is 51.5 Å². The van der Waals surface area contributed by atoms with Gasteiger partial charge >= 0.3 is 0 Å². The second kappa shape index (κ2) is 11.0. The van der Waals surface area contributed by atoms with Gasteiger partial charge in [-0.1, -0.05) is 48.0 Å². The first-order valence-electron chi connectivity index (χ1n) is 12.6. The summed E-state index contributed by atoms with van der Waals surface area (Å²) < 4.78 is 0.634. The maximum atomic E-state index is 12.5. The molecule has 5 aromatic rings. The van der Waals surface area contributed by atoms with Crippen LogP contribution in [0.25, 0.3) is 22.2 Å². The predicted octanol–water partition coefficient (Wildman–Crippen LogP) is 6.15. The van der Waals surface area contributed by atoms with Gasteiger partial charge < -0.3 is 4.90 Å². The van der Waals surface area contributed by atoms with Crippen LogP contribution in [0.4, 0.5) is 5.82 Å².